The van der Waals surface area contributed by atoms with Gasteiger partial charge in [-0.05, 0) is 38.3 Å². The van der Waals surface area contributed by atoms with Gasteiger partial charge in [-0.25, -0.2) is 0 Å². The Kier molecular flexibility index (Phi) is 4.70. The molecule has 0 aliphatic rings. The molecule has 0 amide bonds. The Labute approximate surface area is 103 Å². The molecule has 94 valence electrons. The number of hydrogen-bond donors (Lipinski definition) is 1. The van der Waals surface area contributed by atoms with Crippen LogP contribution in [0.5, 0.6) is 0 Å². The Bertz CT molecular complexity index is 363. The van der Waals surface area contributed by atoms with Gasteiger partial charge in [-0.3, -0.25) is 4.79 Å². The molecule has 0 heterocycles. The molecule has 0 aliphatic carbocycles. The van der Waals surface area contributed by atoms with Crippen molar-refractivity contribution in [3.8, 4) is 0 Å². The number of carbonyl (C=O) groups excluding carboxylic acids is 1. The van der Waals surface area contributed by atoms with Crippen molar-refractivity contribution >= 4 is 5.97 Å². The smallest absolute Gasteiger partial charge is 0.306 e. The number of rotatable bonds is 4. The Hall–Kier alpha value is -1.35. The lowest BCUT2D eigenvalue weighted by atomic mass is 10.1. The summed E-state index contributed by atoms with van der Waals surface area (Å²) in [6.07, 6.45) is 1.12. The predicted molar refractivity (Wildman–Crippen MR) is 68.5 cm³/mol. The van der Waals surface area contributed by atoms with Crippen LogP contribution in [0.2, 0.25) is 0 Å². The van der Waals surface area contributed by atoms with Gasteiger partial charge in [0.15, 0.2) is 0 Å². The van der Waals surface area contributed by atoms with Crippen molar-refractivity contribution in [1.29, 1.82) is 0 Å². The summed E-state index contributed by atoms with van der Waals surface area (Å²) in [7, 11) is 0. The highest BCUT2D eigenvalue weighted by Gasteiger charge is 2.15. The lowest BCUT2D eigenvalue weighted by Gasteiger charge is -2.19. The molecule has 1 rings (SSSR count). The van der Waals surface area contributed by atoms with E-state index in [2.05, 4.69) is 0 Å². The van der Waals surface area contributed by atoms with Crippen molar-refractivity contribution in [3.63, 3.8) is 0 Å². The van der Waals surface area contributed by atoms with Crippen LogP contribution < -0.4 is 5.73 Å². The number of nitrogens with two attached hydrogens (primary N) is 1. The van der Waals surface area contributed by atoms with Crippen molar-refractivity contribution in [1.82, 2.24) is 0 Å². The first kappa shape index (κ1) is 13.7. The van der Waals surface area contributed by atoms with E-state index in [9.17, 15) is 4.79 Å². The monoisotopic (exact) mass is 235 g/mol. The molecule has 0 atom stereocenters. The van der Waals surface area contributed by atoms with Crippen LogP contribution in [0.25, 0.3) is 0 Å². The van der Waals surface area contributed by atoms with Gasteiger partial charge in [0.25, 0.3) is 0 Å². The molecule has 0 saturated carbocycles. The fourth-order valence-corrected chi connectivity index (χ4v) is 1.48. The number of hydrogen-bond acceptors (Lipinski definition) is 3. The van der Waals surface area contributed by atoms with Crippen molar-refractivity contribution in [2.24, 2.45) is 5.73 Å². The van der Waals surface area contributed by atoms with Gasteiger partial charge >= 0.3 is 5.97 Å². The average molecular weight is 235 g/mol. The minimum absolute atomic E-state index is 0.152. The molecule has 0 aliphatic heterocycles. The first-order valence-corrected chi connectivity index (χ1v) is 5.90. The highest BCUT2D eigenvalue weighted by molar-refractivity contribution is 5.70. The Morgan fingerprint density at radius 3 is 2.18 bits per heavy atom. The summed E-state index contributed by atoms with van der Waals surface area (Å²) >= 11 is 0. The van der Waals surface area contributed by atoms with Gasteiger partial charge in [-0.15, -0.1) is 0 Å². The van der Waals surface area contributed by atoms with Crippen LogP contribution in [-0.4, -0.2) is 11.6 Å². The topological polar surface area (TPSA) is 52.3 Å². The molecular weight excluding hydrogens is 214 g/mol. The van der Waals surface area contributed by atoms with Gasteiger partial charge in [-0.2, -0.15) is 0 Å². The van der Waals surface area contributed by atoms with E-state index in [0.717, 1.165) is 11.1 Å². The van der Waals surface area contributed by atoms with Crippen LogP contribution in [-0.2, 0) is 22.5 Å². The minimum Gasteiger partial charge on any atom is -0.460 e. The lowest BCUT2D eigenvalue weighted by molar-refractivity contribution is -0.154. The second-order valence-corrected chi connectivity index (χ2v) is 5.11. The Balaban J connectivity index is 2.42. The van der Waals surface area contributed by atoms with E-state index in [1.165, 1.54) is 0 Å². The summed E-state index contributed by atoms with van der Waals surface area (Å²) in [5.74, 6) is -0.152. The second kappa shape index (κ2) is 5.82. The number of ether oxygens (including phenoxy) is 1. The number of esters is 1. The van der Waals surface area contributed by atoms with Crippen LogP contribution in [0, 0.1) is 0 Å². The Morgan fingerprint density at radius 1 is 1.18 bits per heavy atom. The van der Waals surface area contributed by atoms with Crippen molar-refractivity contribution < 1.29 is 9.53 Å². The van der Waals surface area contributed by atoms with E-state index in [0.29, 0.717) is 19.4 Å². The third-order valence-electron chi connectivity index (χ3n) is 2.30. The van der Waals surface area contributed by atoms with Crippen LogP contribution in [0.1, 0.15) is 38.3 Å². The van der Waals surface area contributed by atoms with Gasteiger partial charge in [0.05, 0.1) is 0 Å². The van der Waals surface area contributed by atoms with Crippen molar-refractivity contribution in [2.75, 3.05) is 0 Å². The molecule has 0 saturated heterocycles. The number of aryl methyl sites for hydroxylation is 1. The van der Waals surface area contributed by atoms with E-state index in [4.69, 9.17) is 10.5 Å². The van der Waals surface area contributed by atoms with E-state index in [1.54, 1.807) is 0 Å². The molecule has 0 spiro atoms. The molecule has 1 aromatic carbocycles. The number of carbonyl (C=O) groups is 1. The fraction of sp³-hybridized carbons (Fsp3) is 0.500. The van der Waals surface area contributed by atoms with Gasteiger partial charge in [0.2, 0.25) is 0 Å². The molecule has 0 radical (unpaired) electrons. The zero-order chi connectivity index (χ0) is 12.9. The van der Waals surface area contributed by atoms with E-state index < -0.39 is 5.60 Å². The van der Waals surface area contributed by atoms with Gasteiger partial charge < -0.3 is 10.5 Å². The SMILES string of the molecule is CC(C)(C)OC(=O)CCc1ccc(CN)cc1. The van der Waals surface area contributed by atoms with E-state index >= 15 is 0 Å². The van der Waals surface area contributed by atoms with Crippen molar-refractivity contribution in [2.45, 2.75) is 45.8 Å². The minimum atomic E-state index is -0.402. The van der Waals surface area contributed by atoms with Crippen molar-refractivity contribution in [3.05, 3.63) is 35.4 Å². The summed E-state index contributed by atoms with van der Waals surface area (Å²) in [6.45, 7) is 6.18. The normalized spacial score (nSPS) is 11.3. The zero-order valence-electron chi connectivity index (χ0n) is 10.8. The lowest BCUT2D eigenvalue weighted by Crippen LogP contribution is -2.24. The molecular formula is C14H21NO2. The summed E-state index contributed by atoms with van der Waals surface area (Å²) in [4.78, 5) is 11.5. The van der Waals surface area contributed by atoms with Gasteiger partial charge in [0.1, 0.15) is 5.60 Å². The molecule has 3 nitrogen and oxygen atoms in total. The molecule has 1 aromatic rings. The zero-order valence-corrected chi connectivity index (χ0v) is 10.8. The van der Waals surface area contributed by atoms with Gasteiger partial charge in [0, 0.05) is 13.0 Å². The molecule has 0 fully saturated rings. The quantitative estimate of drug-likeness (QED) is 0.815. The first-order chi connectivity index (χ1) is 7.90. The van der Waals surface area contributed by atoms with E-state index in [1.807, 2.05) is 45.0 Å². The molecule has 0 bridgehead atoms. The van der Waals surface area contributed by atoms with Gasteiger partial charge in [-0.1, -0.05) is 24.3 Å². The maximum absolute atomic E-state index is 11.5. The third kappa shape index (κ3) is 5.50. The summed E-state index contributed by atoms with van der Waals surface area (Å²) < 4.78 is 5.25. The standard InChI is InChI=1S/C14H21NO2/c1-14(2,3)17-13(16)9-8-11-4-6-12(10-15)7-5-11/h4-7H,8-10,15H2,1-3H3. The second-order valence-electron chi connectivity index (χ2n) is 5.11. The van der Waals surface area contributed by atoms with Crippen LogP contribution in [0.4, 0.5) is 0 Å². The third-order valence-corrected chi connectivity index (χ3v) is 2.30. The maximum Gasteiger partial charge on any atom is 0.306 e. The molecule has 17 heavy (non-hydrogen) atoms. The molecule has 0 aromatic heterocycles. The van der Waals surface area contributed by atoms with Crippen LogP contribution in [0.3, 0.4) is 0 Å². The highest BCUT2D eigenvalue weighted by Crippen LogP contribution is 2.11. The number of benzene rings is 1. The average Bonchev–Trinajstić information content (AvgIpc) is 2.25. The van der Waals surface area contributed by atoms with Crippen LogP contribution in [0.15, 0.2) is 24.3 Å². The highest BCUT2D eigenvalue weighted by atomic mass is 16.6. The summed E-state index contributed by atoms with van der Waals surface area (Å²) in [5.41, 5.74) is 7.35. The first-order valence-electron chi connectivity index (χ1n) is 5.90. The van der Waals surface area contributed by atoms with Crippen LogP contribution >= 0.6 is 0 Å². The van der Waals surface area contributed by atoms with E-state index in [-0.39, 0.29) is 5.97 Å². The Morgan fingerprint density at radius 2 is 1.71 bits per heavy atom. The molecule has 2 N–H and O–H groups in total. The summed E-state index contributed by atoms with van der Waals surface area (Å²) in [6, 6.07) is 7.99. The molecule has 0 unspecified atom stereocenters. The largest absolute Gasteiger partial charge is 0.460 e. The predicted octanol–water partition coefficient (Wildman–Crippen LogP) is 2.42. The fourth-order valence-electron chi connectivity index (χ4n) is 1.48. The maximum atomic E-state index is 11.5. The molecule has 3 heteroatoms. The summed E-state index contributed by atoms with van der Waals surface area (Å²) in [5, 5.41) is 0.